The van der Waals surface area contributed by atoms with Gasteiger partial charge in [-0.05, 0) is 38.8 Å². The number of carbonyl (C=O) groups is 1. The summed E-state index contributed by atoms with van der Waals surface area (Å²) < 4.78 is 5.26. The monoisotopic (exact) mass is 284 g/mol. The lowest BCUT2D eigenvalue weighted by Crippen LogP contribution is -2.37. The number of hydrogen-bond acceptors (Lipinski definition) is 3. The first kappa shape index (κ1) is 15.8. The molecule has 0 radical (unpaired) electrons. The van der Waals surface area contributed by atoms with Gasteiger partial charge in [0.15, 0.2) is 0 Å². The Morgan fingerprint density at radius 1 is 1.37 bits per heavy atom. The summed E-state index contributed by atoms with van der Waals surface area (Å²) in [5.74, 6) is 0.196. The summed E-state index contributed by atoms with van der Waals surface area (Å²) >= 11 is 5.81. The van der Waals surface area contributed by atoms with E-state index in [0.717, 1.165) is 5.69 Å². The lowest BCUT2D eigenvalue weighted by atomic mass is 10.0. The van der Waals surface area contributed by atoms with Gasteiger partial charge < -0.3 is 10.1 Å². The minimum atomic E-state index is -0.515. The average Bonchev–Trinajstić information content (AvgIpc) is 2.24. The van der Waals surface area contributed by atoms with Crippen LogP contribution < -0.4 is 5.32 Å². The number of rotatable bonds is 3. The van der Waals surface area contributed by atoms with Crippen LogP contribution in [0.5, 0.6) is 0 Å². The molecule has 1 amide bonds. The minimum absolute atomic E-state index is 0.196. The van der Waals surface area contributed by atoms with Crippen molar-refractivity contribution in [1.82, 2.24) is 10.3 Å². The van der Waals surface area contributed by atoms with Gasteiger partial charge in [-0.3, -0.25) is 4.98 Å². The number of hydrogen-bond donors (Lipinski definition) is 1. The van der Waals surface area contributed by atoms with Crippen molar-refractivity contribution in [3.63, 3.8) is 0 Å². The molecule has 1 aromatic heterocycles. The molecule has 5 heteroatoms. The highest BCUT2D eigenvalue weighted by molar-refractivity contribution is 6.30. The Kier molecular flexibility index (Phi) is 5.18. The number of alkyl carbamates (subject to hydrolysis) is 1. The molecule has 0 fully saturated rings. The molecule has 0 aliphatic carbocycles. The van der Waals surface area contributed by atoms with E-state index in [9.17, 15) is 4.79 Å². The number of carbonyl (C=O) groups excluding carboxylic acids is 1. The fourth-order valence-corrected chi connectivity index (χ4v) is 1.70. The van der Waals surface area contributed by atoms with Gasteiger partial charge in [0, 0.05) is 6.20 Å². The van der Waals surface area contributed by atoms with Crippen molar-refractivity contribution in [2.45, 2.75) is 46.3 Å². The number of nitrogens with zero attached hydrogens (tertiary/aromatic N) is 1. The maximum absolute atomic E-state index is 11.8. The van der Waals surface area contributed by atoms with Crippen LogP contribution in [0.25, 0.3) is 0 Å². The summed E-state index contributed by atoms with van der Waals surface area (Å²) in [5.41, 5.74) is 0.254. The minimum Gasteiger partial charge on any atom is -0.444 e. The van der Waals surface area contributed by atoms with Crippen molar-refractivity contribution in [3.8, 4) is 0 Å². The number of halogens is 1. The summed E-state index contributed by atoms with van der Waals surface area (Å²) in [4.78, 5) is 16.1. The van der Waals surface area contributed by atoms with E-state index in [2.05, 4.69) is 10.3 Å². The second kappa shape index (κ2) is 6.24. The van der Waals surface area contributed by atoms with E-state index in [1.165, 1.54) is 0 Å². The van der Waals surface area contributed by atoms with Crippen molar-refractivity contribution in [2.24, 2.45) is 5.92 Å². The van der Waals surface area contributed by atoms with E-state index >= 15 is 0 Å². The van der Waals surface area contributed by atoms with E-state index in [1.54, 1.807) is 12.3 Å². The van der Waals surface area contributed by atoms with Gasteiger partial charge >= 0.3 is 6.09 Å². The predicted molar refractivity (Wildman–Crippen MR) is 76.2 cm³/mol. The molecular weight excluding hydrogens is 264 g/mol. The highest BCUT2D eigenvalue weighted by Crippen LogP contribution is 2.21. The zero-order valence-corrected chi connectivity index (χ0v) is 12.8. The molecule has 1 aromatic rings. The molecule has 0 spiro atoms. The highest BCUT2D eigenvalue weighted by atomic mass is 35.5. The number of pyridine rings is 1. The first-order valence-electron chi connectivity index (χ1n) is 6.30. The Labute approximate surface area is 119 Å². The predicted octanol–water partition coefficient (Wildman–Crippen LogP) is 3.96. The van der Waals surface area contributed by atoms with Crippen molar-refractivity contribution in [3.05, 3.63) is 29.0 Å². The van der Waals surface area contributed by atoms with Gasteiger partial charge in [0.1, 0.15) is 5.60 Å². The first-order chi connectivity index (χ1) is 8.69. The Morgan fingerprint density at radius 3 is 2.42 bits per heavy atom. The van der Waals surface area contributed by atoms with Gasteiger partial charge in [-0.1, -0.05) is 25.4 Å². The number of amides is 1. The quantitative estimate of drug-likeness (QED) is 0.914. The maximum atomic E-state index is 11.8. The highest BCUT2D eigenvalue weighted by Gasteiger charge is 2.23. The lowest BCUT2D eigenvalue weighted by molar-refractivity contribution is 0.0488. The zero-order chi connectivity index (χ0) is 14.6. The van der Waals surface area contributed by atoms with Crippen LogP contribution in [0.4, 0.5) is 4.79 Å². The maximum Gasteiger partial charge on any atom is 0.408 e. The molecule has 0 bridgehead atoms. The van der Waals surface area contributed by atoms with E-state index in [1.807, 2.05) is 40.7 Å². The third-order valence-corrected chi connectivity index (χ3v) is 2.63. The van der Waals surface area contributed by atoms with Crippen LogP contribution in [0.1, 0.15) is 46.4 Å². The van der Waals surface area contributed by atoms with Crippen molar-refractivity contribution < 1.29 is 9.53 Å². The van der Waals surface area contributed by atoms with Gasteiger partial charge in [-0.15, -0.1) is 0 Å². The van der Waals surface area contributed by atoms with Crippen LogP contribution in [-0.4, -0.2) is 16.7 Å². The van der Waals surface area contributed by atoms with Gasteiger partial charge in [0.2, 0.25) is 0 Å². The Hall–Kier alpha value is -1.29. The van der Waals surface area contributed by atoms with E-state index < -0.39 is 11.7 Å². The normalized spacial score (nSPS) is 13.2. The van der Waals surface area contributed by atoms with Gasteiger partial charge in [0.25, 0.3) is 0 Å². The Morgan fingerprint density at radius 2 is 2.00 bits per heavy atom. The second-order valence-electron chi connectivity index (χ2n) is 5.77. The third kappa shape index (κ3) is 5.47. The summed E-state index contributed by atoms with van der Waals surface area (Å²) in [6, 6.07) is 3.37. The lowest BCUT2D eigenvalue weighted by Gasteiger charge is -2.25. The molecule has 1 N–H and O–H groups in total. The van der Waals surface area contributed by atoms with Crippen molar-refractivity contribution in [2.75, 3.05) is 0 Å². The number of ether oxygens (including phenoxy) is 1. The van der Waals surface area contributed by atoms with Gasteiger partial charge in [0.05, 0.1) is 16.8 Å². The smallest absolute Gasteiger partial charge is 0.408 e. The largest absolute Gasteiger partial charge is 0.444 e. The molecule has 1 atom stereocenters. The van der Waals surface area contributed by atoms with Crippen LogP contribution in [-0.2, 0) is 4.74 Å². The van der Waals surface area contributed by atoms with Crippen LogP contribution in [0.2, 0.25) is 5.02 Å². The molecular formula is C14H21ClN2O2. The molecule has 19 heavy (non-hydrogen) atoms. The molecule has 0 aliphatic rings. The van der Waals surface area contributed by atoms with Crippen LogP contribution in [0.3, 0.4) is 0 Å². The molecule has 106 valence electrons. The third-order valence-electron chi connectivity index (χ3n) is 2.41. The summed E-state index contributed by atoms with van der Waals surface area (Å²) in [6.45, 7) is 9.52. The van der Waals surface area contributed by atoms with Gasteiger partial charge in [-0.25, -0.2) is 4.79 Å². The Balaban J connectivity index is 2.79. The van der Waals surface area contributed by atoms with E-state index in [0.29, 0.717) is 5.02 Å². The summed E-state index contributed by atoms with van der Waals surface area (Å²) in [5, 5.41) is 3.41. The van der Waals surface area contributed by atoms with Crippen LogP contribution >= 0.6 is 11.6 Å². The molecule has 1 heterocycles. The van der Waals surface area contributed by atoms with E-state index in [4.69, 9.17) is 16.3 Å². The topological polar surface area (TPSA) is 51.2 Å². The fraction of sp³-hybridized carbons (Fsp3) is 0.571. The molecule has 0 saturated carbocycles. The molecule has 1 unspecified atom stereocenters. The second-order valence-corrected chi connectivity index (χ2v) is 6.21. The number of aromatic nitrogens is 1. The standard InChI is InChI=1S/C14H21ClN2O2/c1-9(2)12(11-7-6-10(15)8-16-11)17-13(18)19-14(3,4)5/h6-9,12H,1-5H3,(H,17,18). The zero-order valence-electron chi connectivity index (χ0n) is 12.0. The molecule has 0 aliphatic heterocycles. The Bertz CT molecular complexity index is 424. The van der Waals surface area contributed by atoms with Crippen LogP contribution in [0.15, 0.2) is 18.3 Å². The summed E-state index contributed by atoms with van der Waals surface area (Å²) in [7, 11) is 0. The SMILES string of the molecule is CC(C)C(NC(=O)OC(C)(C)C)c1ccc(Cl)cn1. The molecule has 0 aromatic carbocycles. The number of nitrogens with one attached hydrogen (secondary N) is 1. The van der Waals surface area contributed by atoms with Crippen LogP contribution in [0, 0.1) is 5.92 Å². The summed E-state index contributed by atoms with van der Waals surface area (Å²) in [6.07, 6.45) is 1.13. The molecule has 1 rings (SSSR count). The first-order valence-corrected chi connectivity index (χ1v) is 6.68. The average molecular weight is 285 g/mol. The molecule has 4 nitrogen and oxygen atoms in total. The van der Waals surface area contributed by atoms with E-state index in [-0.39, 0.29) is 12.0 Å². The molecule has 0 saturated heterocycles. The van der Waals surface area contributed by atoms with Crippen molar-refractivity contribution >= 4 is 17.7 Å². The van der Waals surface area contributed by atoms with Gasteiger partial charge in [-0.2, -0.15) is 0 Å². The fourth-order valence-electron chi connectivity index (χ4n) is 1.59. The van der Waals surface area contributed by atoms with Crippen molar-refractivity contribution in [1.29, 1.82) is 0 Å².